The van der Waals surface area contributed by atoms with Crippen molar-refractivity contribution in [3.05, 3.63) is 58.7 Å². The van der Waals surface area contributed by atoms with Gasteiger partial charge in [0.2, 0.25) is 0 Å². The zero-order valence-corrected chi connectivity index (χ0v) is 20.0. The van der Waals surface area contributed by atoms with E-state index in [2.05, 4.69) is 0 Å². The summed E-state index contributed by atoms with van der Waals surface area (Å²) < 4.78 is 16.2. The summed E-state index contributed by atoms with van der Waals surface area (Å²) in [6, 6.07) is 8.93. The number of aromatic hydroxyl groups is 1. The van der Waals surface area contributed by atoms with Gasteiger partial charge < -0.3 is 29.3 Å². The van der Waals surface area contributed by atoms with Crippen LogP contribution in [0, 0.1) is 6.92 Å². The molecule has 1 fully saturated rings. The molecule has 1 atom stereocenters. The molecular weight excluding hydrogens is 438 g/mol. The second-order valence-electron chi connectivity index (χ2n) is 7.91. The average molecular weight is 470 g/mol. The van der Waals surface area contributed by atoms with E-state index in [1.807, 2.05) is 13.8 Å². The number of phenolic OH excluding ortho intramolecular Hbond substituents is 1. The second kappa shape index (κ2) is 11.1. The second-order valence-corrected chi connectivity index (χ2v) is 7.91. The van der Waals surface area contributed by atoms with Gasteiger partial charge in [0.05, 0.1) is 24.8 Å². The Kier molecular flexibility index (Phi) is 8.17. The highest BCUT2D eigenvalue weighted by molar-refractivity contribution is 6.46. The molecule has 182 valence electrons. The standard InChI is InChI=1S/C26H31NO7/c1-5-33-20-11-9-18(14-16(20)3)24(29)22-23(17-8-10-19(28)21(15-17)34-6-2)27(12-7-13-32-4)26(31)25(22)30/h8-11,14-15,23,28-29H,5-7,12-13H2,1-4H3/b24-22-. The molecule has 2 aromatic carbocycles. The Morgan fingerprint density at radius 1 is 1.03 bits per heavy atom. The third-order valence-corrected chi connectivity index (χ3v) is 5.64. The molecule has 1 unspecified atom stereocenters. The van der Waals surface area contributed by atoms with Crippen LogP contribution in [0.1, 0.15) is 43.0 Å². The first-order chi connectivity index (χ1) is 16.3. The number of rotatable bonds is 10. The maximum absolute atomic E-state index is 13.1. The quantitative estimate of drug-likeness (QED) is 0.235. The van der Waals surface area contributed by atoms with Gasteiger partial charge in [0.25, 0.3) is 11.7 Å². The van der Waals surface area contributed by atoms with Crippen LogP contribution in [0.2, 0.25) is 0 Å². The largest absolute Gasteiger partial charge is 0.507 e. The van der Waals surface area contributed by atoms with E-state index in [9.17, 15) is 19.8 Å². The molecule has 8 nitrogen and oxygen atoms in total. The van der Waals surface area contributed by atoms with Gasteiger partial charge in [0.15, 0.2) is 11.5 Å². The monoisotopic (exact) mass is 469 g/mol. The van der Waals surface area contributed by atoms with Gasteiger partial charge >= 0.3 is 0 Å². The Labute approximate surface area is 199 Å². The van der Waals surface area contributed by atoms with Crippen LogP contribution in [-0.2, 0) is 14.3 Å². The summed E-state index contributed by atoms with van der Waals surface area (Å²) >= 11 is 0. The summed E-state index contributed by atoms with van der Waals surface area (Å²) in [5.41, 5.74) is 1.73. The minimum absolute atomic E-state index is 0.0147. The lowest BCUT2D eigenvalue weighted by Crippen LogP contribution is -2.31. The lowest BCUT2D eigenvalue weighted by Gasteiger charge is -2.26. The van der Waals surface area contributed by atoms with Crippen molar-refractivity contribution < 1.29 is 34.0 Å². The van der Waals surface area contributed by atoms with Gasteiger partial charge in [0.1, 0.15) is 11.5 Å². The number of Topliss-reactive ketones (excluding diaryl/α,β-unsaturated/α-hetero) is 1. The van der Waals surface area contributed by atoms with Gasteiger partial charge in [-0.25, -0.2) is 0 Å². The van der Waals surface area contributed by atoms with Gasteiger partial charge in [0, 0.05) is 25.8 Å². The molecule has 0 aromatic heterocycles. The SMILES string of the molecule is CCOc1ccc(/C(O)=C2/C(=O)C(=O)N(CCCOC)C2c2ccc(O)c(OCC)c2)cc1C. The van der Waals surface area contributed by atoms with Crippen molar-refractivity contribution in [1.29, 1.82) is 0 Å². The summed E-state index contributed by atoms with van der Waals surface area (Å²) in [4.78, 5) is 27.6. The van der Waals surface area contributed by atoms with Gasteiger partial charge in [-0.3, -0.25) is 9.59 Å². The Morgan fingerprint density at radius 3 is 2.38 bits per heavy atom. The van der Waals surface area contributed by atoms with Crippen LogP contribution < -0.4 is 9.47 Å². The number of hydrogen-bond acceptors (Lipinski definition) is 7. The molecule has 1 amide bonds. The van der Waals surface area contributed by atoms with E-state index in [1.54, 1.807) is 44.4 Å². The van der Waals surface area contributed by atoms with Gasteiger partial charge in [-0.05, 0) is 68.7 Å². The predicted octanol–water partition coefficient (Wildman–Crippen LogP) is 3.96. The van der Waals surface area contributed by atoms with E-state index in [4.69, 9.17) is 14.2 Å². The summed E-state index contributed by atoms with van der Waals surface area (Å²) in [5, 5.41) is 21.4. The van der Waals surface area contributed by atoms with Crippen LogP contribution in [-0.4, -0.2) is 60.3 Å². The van der Waals surface area contributed by atoms with Crippen LogP contribution in [0.3, 0.4) is 0 Å². The van der Waals surface area contributed by atoms with Crippen molar-refractivity contribution >= 4 is 17.4 Å². The number of aliphatic hydroxyl groups is 1. The van der Waals surface area contributed by atoms with E-state index in [0.29, 0.717) is 43.1 Å². The number of benzene rings is 2. The Bertz CT molecular complexity index is 1090. The molecule has 1 aliphatic heterocycles. The summed E-state index contributed by atoms with van der Waals surface area (Å²) in [7, 11) is 1.56. The van der Waals surface area contributed by atoms with Crippen molar-refractivity contribution in [2.75, 3.05) is 33.5 Å². The number of phenols is 1. The van der Waals surface area contributed by atoms with Crippen LogP contribution in [0.15, 0.2) is 42.0 Å². The number of methoxy groups -OCH3 is 1. The van der Waals surface area contributed by atoms with Crippen LogP contribution >= 0.6 is 0 Å². The molecule has 0 aliphatic carbocycles. The van der Waals surface area contributed by atoms with Crippen LogP contribution in [0.5, 0.6) is 17.2 Å². The third kappa shape index (κ3) is 5.02. The molecule has 1 aliphatic rings. The molecule has 0 saturated carbocycles. The van der Waals surface area contributed by atoms with Crippen LogP contribution in [0.25, 0.3) is 5.76 Å². The number of carbonyl (C=O) groups excluding carboxylic acids is 2. The third-order valence-electron chi connectivity index (χ3n) is 5.64. The first-order valence-corrected chi connectivity index (χ1v) is 11.3. The first kappa shape index (κ1) is 25.1. The number of nitrogens with zero attached hydrogens (tertiary/aromatic N) is 1. The highest BCUT2D eigenvalue weighted by atomic mass is 16.5. The topological polar surface area (TPSA) is 106 Å². The Hall–Kier alpha value is -3.52. The maximum Gasteiger partial charge on any atom is 0.295 e. The molecule has 3 rings (SSSR count). The number of ether oxygens (including phenoxy) is 3. The molecule has 1 heterocycles. The molecule has 2 aromatic rings. The number of aliphatic hydroxyl groups excluding tert-OH is 1. The normalized spacial score (nSPS) is 17.3. The molecule has 0 spiro atoms. The number of aryl methyl sites for hydroxylation is 1. The summed E-state index contributed by atoms with van der Waals surface area (Å²) in [5.74, 6) is -0.873. The zero-order chi connectivity index (χ0) is 24.8. The molecule has 0 radical (unpaired) electrons. The molecule has 0 bridgehead atoms. The number of hydrogen-bond donors (Lipinski definition) is 2. The fraction of sp³-hybridized carbons (Fsp3) is 0.385. The van der Waals surface area contributed by atoms with Crippen molar-refractivity contribution in [2.24, 2.45) is 0 Å². The van der Waals surface area contributed by atoms with E-state index < -0.39 is 17.7 Å². The average Bonchev–Trinajstić information content (AvgIpc) is 3.07. The van der Waals surface area contributed by atoms with Crippen molar-refractivity contribution in [2.45, 2.75) is 33.2 Å². The first-order valence-electron chi connectivity index (χ1n) is 11.3. The number of likely N-dealkylation sites (tertiary alicyclic amines) is 1. The summed E-state index contributed by atoms with van der Waals surface area (Å²) in [6.45, 7) is 7.01. The van der Waals surface area contributed by atoms with Gasteiger partial charge in [-0.1, -0.05) is 6.07 Å². The number of amides is 1. The van der Waals surface area contributed by atoms with Gasteiger partial charge in [-0.2, -0.15) is 0 Å². The van der Waals surface area contributed by atoms with E-state index in [0.717, 1.165) is 5.56 Å². The highest BCUT2D eigenvalue weighted by Crippen LogP contribution is 2.42. The van der Waals surface area contributed by atoms with E-state index in [-0.39, 0.29) is 29.4 Å². The Morgan fingerprint density at radius 2 is 1.74 bits per heavy atom. The minimum atomic E-state index is -0.844. The molecular formula is C26H31NO7. The van der Waals surface area contributed by atoms with Crippen molar-refractivity contribution in [3.8, 4) is 17.2 Å². The van der Waals surface area contributed by atoms with Crippen molar-refractivity contribution in [3.63, 3.8) is 0 Å². The number of carbonyl (C=O) groups is 2. The smallest absolute Gasteiger partial charge is 0.295 e. The fourth-order valence-corrected chi connectivity index (χ4v) is 4.08. The Balaban J connectivity index is 2.14. The zero-order valence-electron chi connectivity index (χ0n) is 20.0. The fourth-order valence-electron chi connectivity index (χ4n) is 4.08. The molecule has 8 heteroatoms. The van der Waals surface area contributed by atoms with E-state index in [1.165, 1.54) is 11.0 Å². The summed E-state index contributed by atoms with van der Waals surface area (Å²) in [6.07, 6.45) is 0.513. The number of ketones is 1. The predicted molar refractivity (Wildman–Crippen MR) is 127 cm³/mol. The van der Waals surface area contributed by atoms with E-state index >= 15 is 0 Å². The highest BCUT2D eigenvalue weighted by Gasteiger charge is 2.46. The molecule has 1 saturated heterocycles. The minimum Gasteiger partial charge on any atom is -0.507 e. The lowest BCUT2D eigenvalue weighted by atomic mass is 9.94. The van der Waals surface area contributed by atoms with Crippen molar-refractivity contribution in [1.82, 2.24) is 4.90 Å². The lowest BCUT2D eigenvalue weighted by molar-refractivity contribution is -0.140. The maximum atomic E-state index is 13.1. The molecule has 2 N–H and O–H groups in total. The molecule has 34 heavy (non-hydrogen) atoms. The van der Waals surface area contributed by atoms with Crippen LogP contribution in [0.4, 0.5) is 0 Å². The van der Waals surface area contributed by atoms with Gasteiger partial charge in [-0.15, -0.1) is 0 Å².